The maximum Gasteiger partial charge on any atom is 2.00 e. The number of hydrogen-bond donors (Lipinski definition) is 0. The summed E-state index contributed by atoms with van der Waals surface area (Å²) in [5.74, 6) is 1.76. The number of halogens is 3. The van der Waals surface area contributed by atoms with Crippen LogP contribution in [-0.4, -0.2) is 29.5 Å². The molecule has 0 aliphatic heterocycles. The Labute approximate surface area is 232 Å². The van der Waals surface area contributed by atoms with Crippen molar-refractivity contribution in [1.29, 1.82) is 0 Å². The Kier molecular flexibility index (Phi) is 7.55. The van der Waals surface area contributed by atoms with E-state index in [1.165, 1.54) is 0 Å². The van der Waals surface area contributed by atoms with Gasteiger partial charge in [0, 0.05) is 0 Å². The molecule has 0 fully saturated rings. The van der Waals surface area contributed by atoms with Crippen molar-refractivity contribution in [2.75, 3.05) is 4.90 Å². The van der Waals surface area contributed by atoms with E-state index in [2.05, 4.69) is 39.7 Å². The Balaban J connectivity index is 0.00000336. The van der Waals surface area contributed by atoms with Crippen LogP contribution in [-0.2, 0) is 27.2 Å². The van der Waals surface area contributed by atoms with E-state index in [0.29, 0.717) is 17.5 Å². The number of aromatic nitrogens is 6. The Hall–Kier alpha value is -3.78. The molecule has 5 aromatic rings. The molecule has 0 spiro atoms. The van der Waals surface area contributed by atoms with Gasteiger partial charge in [0.2, 0.25) is 0 Å². The van der Waals surface area contributed by atoms with Gasteiger partial charge in [0.15, 0.2) is 0 Å². The normalized spacial score (nSPS) is 11.3. The molecular formula is C27H22F3N7Pt. The van der Waals surface area contributed by atoms with Crippen molar-refractivity contribution in [3.8, 4) is 11.6 Å². The number of nitrogens with zero attached hydrogens (tertiary/aromatic N) is 7. The molecule has 0 aliphatic carbocycles. The van der Waals surface area contributed by atoms with Crippen molar-refractivity contribution in [3.05, 3.63) is 101 Å². The third-order valence-electron chi connectivity index (χ3n) is 5.67. The van der Waals surface area contributed by atoms with Crippen LogP contribution in [0.2, 0.25) is 0 Å². The van der Waals surface area contributed by atoms with Crippen LogP contribution >= 0.6 is 0 Å². The smallest absolute Gasteiger partial charge is 0.343 e. The van der Waals surface area contributed by atoms with Crippen LogP contribution in [0.1, 0.15) is 28.1 Å². The molecule has 7 nitrogen and oxygen atoms in total. The van der Waals surface area contributed by atoms with Crippen molar-refractivity contribution in [2.24, 2.45) is 0 Å². The number of pyridine rings is 2. The first kappa shape index (κ1) is 27.3. The van der Waals surface area contributed by atoms with Gasteiger partial charge in [-0.3, -0.25) is 25.1 Å². The summed E-state index contributed by atoms with van der Waals surface area (Å²) in [6.45, 7) is 7.89. The van der Waals surface area contributed by atoms with Gasteiger partial charge in [-0.05, 0) is 49.7 Å². The van der Waals surface area contributed by atoms with Crippen molar-refractivity contribution < 1.29 is 34.2 Å². The molecule has 4 aromatic heterocycles. The first-order chi connectivity index (χ1) is 17.6. The van der Waals surface area contributed by atoms with Gasteiger partial charge in [0.25, 0.3) is 0 Å². The van der Waals surface area contributed by atoms with Crippen molar-refractivity contribution in [3.63, 3.8) is 0 Å². The number of hydrogen-bond acceptors (Lipinski definition) is 5. The summed E-state index contributed by atoms with van der Waals surface area (Å²) in [6, 6.07) is 17.3. The number of aryl methyl sites for hydroxylation is 4. The third kappa shape index (κ3) is 5.41. The predicted molar refractivity (Wildman–Crippen MR) is 133 cm³/mol. The molecule has 0 saturated carbocycles. The molecule has 0 aliphatic rings. The molecule has 1 aromatic carbocycles. The fourth-order valence-corrected chi connectivity index (χ4v) is 4.21. The Bertz CT molecular complexity index is 1570. The number of alkyl halides is 3. The van der Waals surface area contributed by atoms with Crippen LogP contribution in [0.3, 0.4) is 0 Å². The predicted octanol–water partition coefficient (Wildman–Crippen LogP) is 6.17. The van der Waals surface area contributed by atoms with Gasteiger partial charge in [-0.15, -0.1) is 12.1 Å². The van der Waals surface area contributed by atoms with E-state index in [1.807, 2.05) is 50.8 Å². The summed E-state index contributed by atoms with van der Waals surface area (Å²) in [5.41, 5.74) is 3.71. The van der Waals surface area contributed by atoms with Gasteiger partial charge < -0.3 is 9.36 Å². The van der Waals surface area contributed by atoms with E-state index in [9.17, 15) is 13.2 Å². The maximum absolute atomic E-state index is 13.1. The number of rotatable bonds is 5. The molecule has 0 bridgehead atoms. The molecule has 0 saturated heterocycles. The summed E-state index contributed by atoms with van der Waals surface area (Å²) in [4.78, 5) is 11.4. The Morgan fingerprint density at radius 2 is 1.29 bits per heavy atom. The van der Waals surface area contributed by atoms with Crippen LogP contribution in [0.4, 0.5) is 30.5 Å². The molecule has 196 valence electrons. The SMILES string of the molecule is Cc1cc(C)c(N(c2cccc(-n3[c-]cc(C)n3)n2)c2cccc(-n3[c-]cc(C(F)(F)F)n3)n2)c(C)c1.[Pt+2]. The average Bonchev–Trinajstić information content (AvgIpc) is 3.51. The van der Waals surface area contributed by atoms with Gasteiger partial charge >= 0.3 is 27.2 Å². The molecule has 0 amide bonds. The summed E-state index contributed by atoms with van der Waals surface area (Å²) >= 11 is 0. The zero-order valence-corrected chi connectivity index (χ0v) is 23.1. The molecule has 0 radical (unpaired) electrons. The zero-order valence-electron chi connectivity index (χ0n) is 20.9. The van der Waals surface area contributed by atoms with E-state index >= 15 is 0 Å². The second kappa shape index (κ2) is 10.5. The van der Waals surface area contributed by atoms with E-state index < -0.39 is 11.9 Å². The van der Waals surface area contributed by atoms with Gasteiger partial charge in [-0.25, -0.2) is 0 Å². The first-order valence-electron chi connectivity index (χ1n) is 11.4. The summed E-state index contributed by atoms with van der Waals surface area (Å²) < 4.78 is 41.9. The summed E-state index contributed by atoms with van der Waals surface area (Å²) in [5, 5.41) is 8.03. The van der Waals surface area contributed by atoms with Crippen molar-refractivity contribution in [2.45, 2.75) is 33.9 Å². The molecule has 0 unspecified atom stereocenters. The molecule has 11 heteroatoms. The minimum absolute atomic E-state index is 0. The monoisotopic (exact) mass is 696 g/mol. The van der Waals surface area contributed by atoms with Crippen LogP contribution < -0.4 is 4.90 Å². The van der Waals surface area contributed by atoms with E-state index in [4.69, 9.17) is 4.98 Å². The Morgan fingerprint density at radius 1 is 0.763 bits per heavy atom. The number of anilines is 3. The van der Waals surface area contributed by atoms with Crippen LogP contribution in [0.25, 0.3) is 11.6 Å². The topological polar surface area (TPSA) is 64.7 Å². The van der Waals surface area contributed by atoms with Gasteiger partial charge in [-0.2, -0.15) is 13.2 Å². The quantitative estimate of drug-likeness (QED) is 0.206. The second-order valence-corrected chi connectivity index (χ2v) is 8.69. The summed E-state index contributed by atoms with van der Waals surface area (Å²) in [6.07, 6.45) is 0.979. The number of benzene rings is 1. The van der Waals surface area contributed by atoms with Crippen molar-refractivity contribution in [1.82, 2.24) is 29.5 Å². The zero-order chi connectivity index (χ0) is 26.3. The fraction of sp³-hybridized carbons (Fsp3) is 0.185. The van der Waals surface area contributed by atoms with Gasteiger partial charge in [0.05, 0.1) is 23.0 Å². The average molecular weight is 697 g/mol. The minimum atomic E-state index is -4.58. The maximum atomic E-state index is 13.1. The van der Waals surface area contributed by atoms with Crippen LogP contribution in [0, 0.1) is 40.1 Å². The first-order valence-corrected chi connectivity index (χ1v) is 11.4. The molecule has 0 atom stereocenters. The minimum Gasteiger partial charge on any atom is -0.343 e. The fourth-order valence-electron chi connectivity index (χ4n) is 4.21. The largest absolute Gasteiger partial charge is 2.00 e. The van der Waals surface area contributed by atoms with Crippen LogP contribution in [0.15, 0.2) is 60.7 Å². The second-order valence-electron chi connectivity index (χ2n) is 8.69. The molecule has 5 rings (SSSR count). The van der Waals surface area contributed by atoms with Gasteiger partial charge in [0.1, 0.15) is 11.6 Å². The van der Waals surface area contributed by atoms with Crippen LogP contribution in [0.5, 0.6) is 0 Å². The van der Waals surface area contributed by atoms with E-state index in [0.717, 1.165) is 38.8 Å². The van der Waals surface area contributed by atoms with Gasteiger partial charge in [-0.1, -0.05) is 61.3 Å². The molecular weight excluding hydrogens is 674 g/mol. The summed E-state index contributed by atoms with van der Waals surface area (Å²) in [7, 11) is 0. The standard InChI is InChI=1S/C27H22F3N7.Pt/c1-17-15-18(2)26(19(3)16-17)37(24-9-5-7-22(31-24)35-13-11-20(4)33-35)25-10-6-8-23(32-25)36-14-12-21(34-36)27(28,29)30;/h5-12,15-16H,1-4H3;/q-2;+2. The van der Waals surface area contributed by atoms with E-state index in [-0.39, 0.29) is 26.9 Å². The molecule has 0 N–H and O–H groups in total. The van der Waals surface area contributed by atoms with Crippen molar-refractivity contribution >= 4 is 17.3 Å². The van der Waals surface area contributed by atoms with E-state index in [1.54, 1.807) is 28.9 Å². The molecule has 4 heterocycles. The third-order valence-corrected chi connectivity index (χ3v) is 5.67. The molecule has 38 heavy (non-hydrogen) atoms. The Morgan fingerprint density at radius 3 is 1.76 bits per heavy atom.